The van der Waals surface area contributed by atoms with Gasteiger partial charge in [0.15, 0.2) is 0 Å². The maximum Gasteiger partial charge on any atom is 0.233 e. The molecule has 1 amide bonds. The molecule has 4 nitrogen and oxygen atoms in total. The second-order valence-corrected chi connectivity index (χ2v) is 4.04. The molecular formula is C11H24N2O2. The van der Waals surface area contributed by atoms with Crippen molar-refractivity contribution in [3.63, 3.8) is 0 Å². The van der Waals surface area contributed by atoms with Crippen molar-refractivity contribution in [2.24, 2.45) is 5.92 Å². The molecule has 0 aromatic carbocycles. The van der Waals surface area contributed by atoms with E-state index in [-0.39, 0.29) is 11.9 Å². The Labute approximate surface area is 92.8 Å². The summed E-state index contributed by atoms with van der Waals surface area (Å²) in [6.07, 6.45) is 0.970. The topological polar surface area (TPSA) is 50.4 Å². The maximum absolute atomic E-state index is 11.3. The number of amides is 1. The molecule has 0 aliphatic heterocycles. The van der Waals surface area contributed by atoms with Crippen LogP contribution in [0.4, 0.5) is 0 Å². The number of methoxy groups -OCH3 is 1. The van der Waals surface area contributed by atoms with Crippen molar-refractivity contribution in [3.8, 4) is 0 Å². The van der Waals surface area contributed by atoms with E-state index in [1.54, 1.807) is 7.11 Å². The molecule has 0 saturated heterocycles. The van der Waals surface area contributed by atoms with Crippen LogP contribution >= 0.6 is 0 Å². The first-order valence-electron chi connectivity index (χ1n) is 5.60. The van der Waals surface area contributed by atoms with E-state index in [0.29, 0.717) is 19.1 Å². The SMILES string of the molecule is CCCNC(=O)CNC(COC)C(C)C. The summed E-state index contributed by atoms with van der Waals surface area (Å²) in [5.41, 5.74) is 0. The summed E-state index contributed by atoms with van der Waals surface area (Å²) in [4.78, 5) is 11.3. The van der Waals surface area contributed by atoms with Gasteiger partial charge in [-0.1, -0.05) is 20.8 Å². The molecule has 1 unspecified atom stereocenters. The van der Waals surface area contributed by atoms with Crippen LogP contribution in [0.25, 0.3) is 0 Å². The van der Waals surface area contributed by atoms with Crippen LogP contribution in [0.5, 0.6) is 0 Å². The van der Waals surface area contributed by atoms with E-state index in [1.165, 1.54) is 0 Å². The number of carbonyl (C=O) groups is 1. The third kappa shape index (κ3) is 7.33. The minimum atomic E-state index is 0.0543. The fourth-order valence-corrected chi connectivity index (χ4v) is 1.22. The number of ether oxygens (including phenoxy) is 1. The zero-order chi connectivity index (χ0) is 11.7. The lowest BCUT2D eigenvalue weighted by Crippen LogP contribution is -2.43. The van der Waals surface area contributed by atoms with Crippen LogP contribution in [0.2, 0.25) is 0 Å². The van der Waals surface area contributed by atoms with Crippen molar-refractivity contribution in [3.05, 3.63) is 0 Å². The zero-order valence-corrected chi connectivity index (χ0v) is 10.3. The third-order valence-electron chi connectivity index (χ3n) is 2.25. The molecule has 0 saturated carbocycles. The summed E-state index contributed by atoms with van der Waals surface area (Å²) >= 11 is 0. The first kappa shape index (κ1) is 14.4. The number of carbonyl (C=O) groups excluding carboxylic acids is 1. The zero-order valence-electron chi connectivity index (χ0n) is 10.3. The predicted octanol–water partition coefficient (Wildman–Crippen LogP) is 0.773. The molecule has 0 aliphatic rings. The Morgan fingerprint density at radius 2 is 2.07 bits per heavy atom. The van der Waals surface area contributed by atoms with Crippen molar-refractivity contribution in [2.45, 2.75) is 33.2 Å². The van der Waals surface area contributed by atoms with Gasteiger partial charge in [-0.2, -0.15) is 0 Å². The molecule has 0 aromatic rings. The molecule has 0 radical (unpaired) electrons. The Hall–Kier alpha value is -0.610. The van der Waals surface area contributed by atoms with Gasteiger partial charge in [-0.05, 0) is 12.3 Å². The van der Waals surface area contributed by atoms with E-state index in [4.69, 9.17) is 4.74 Å². The molecule has 0 fully saturated rings. The highest BCUT2D eigenvalue weighted by Crippen LogP contribution is 2.00. The molecule has 90 valence electrons. The van der Waals surface area contributed by atoms with Crippen molar-refractivity contribution in [1.29, 1.82) is 0 Å². The third-order valence-corrected chi connectivity index (χ3v) is 2.25. The van der Waals surface area contributed by atoms with Crippen LogP contribution < -0.4 is 10.6 Å². The van der Waals surface area contributed by atoms with Gasteiger partial charge in [-0.15, -0.1) is 0 Å². The molecule has 0 aromatic heterocycles. The van der Waals surface area contributed by atoms with E-state index < -0.39 is 0 Å². The summed E-state index contributed by atoms with van der Waals surface area (Å²) < 4.78 is 5.08. The number of hydrogen-bond acceptors (Lipinski definition) is 3. The molecule has 15 heavy (non-hydrogen) atoms. The van der Waals surface area contributed by atoms with Crippen LogP contribution in [-0.2, 0) is 9.53 Å². The van der Waals surface area contributed by atoms with Gasteiger partial charge in [-0.25, -0.2) is 0 Å². The maximum atomic E-state index is 11.3. The number of rotatable bonds is 8. The van der Waals surface area contributed by atoms with Crippen LogP contribution in [0, 0.1) is 5.92 Å². The Morgan fingerprint density at radius 1 is 1.40 bits per heavy atom. The fourth-order valence-electron chi connectivity index (χ4n) is 1.22. The van der Waals surface area contributed by atoms with Gasteiger partial charge in [0, 0.05) is 19.7 Å². The van der Waals surface area contributed by atoms with Crippen LogP contribution in [0.15, 0.2) is 0 Å². The van der Waals surface area contributed by atoms with E-state index in [2.05, 4.69) is 24.5 Å². The van der Waals surface area contributed by atoms with Gasteiger partial charge in [-0.3, -0.25) is 4.79 Å². The second kappa shape index (κ2) is 8.68. The average molecular weight is 216 g/mol. The molecule has 0 aliphatic carbocycles. The van der Waals surface area contributed by atoms with Gasteiger partial charge < -0.3 is 15.4 Å². The van der Waals surface area contributed by atoms with Crippen LogP contribution in [-0.4, -0.2) is 38.8 Å². The molecule has 2 N–H and O–H groups in total. The van der Waals surface area contributed by atoms with E-state index >= 15 is 0 Å². The smallest absolute Gasteiger partial charge is 0.233 e. The lowest BCUT2D eigenvalue weighted by Gasteiger charge is -2.21. The molecule has 1 atom stereocenters. The van der Waals surface area contributed by atoms with E-state index in [1.807, 2.05) is 6.92 Å². The Kier molecular flexibility index (Phi) is 8.33. The highest BCUT2D eigenvalue weighted by atomic mass is 16.5. The molecule has 4 heteroatoms. The van der Waals surface area contributed by atoms with Crippen molar-refractivity contribution in [2.75, 3.05) is 26.8 Å². The summed E-state index contributed by atoms with van der Waals surface area (Å²) in [5, 5.41) is 6.02. The molecular weight excluding hydrogens is 192 g/mol. The Bertz CT molecular complexity index is 172. The van der Waals surface area contributed by atoms with E-state index in [9.17, 15) is 4.79 Å². The molecule has 0 rings (SSSR count). The fraction of sp³-hybridized carbons (Fsp3) is 0.909. The lowest BCUT2D eigenvalue weighted by molar-refractivity contribution is -0.120. The van der Waals surface area contributed by atoms with Gasteiger partial charge in [0.25, 0.3) is 0 Å². The second-order valence-electron chi connectivity index (χ2n) is 4.04. The van der Waals surface area contributed by atoms with Crippen LogP contribution in [0.1, 0.15) is 27.2 Å². The minimum Gasteiger partial charge on any atom is -0.383 e. The molecule has 0 spiro atoms. The van der Waals surface area contributed by atoms with Crippen molar-refractivity contribution < 1.29 is 9.53 Å². The summed E-state index contributed by atoms with van der Waals surface area (Å²) in [6.45, 7) is 8.01. The Balaban J connectivity index is 3.73. The normalized spacial score (nSPS) is 12.9. The van der Waals surface area contributed by atoms with Gasteiger partial charge in [0.1, 0.15) is 0 Å². The predicted molar refractivity (Wildman–Crippen MR) is 61.8 cm³/mol. The van der Waals surface area contributed by atoms with Crippen LogP contribution in [0.3, 0.4) is 0 Å². The minimum absolute atomic E-state index is 0.0543. The van der Waals surface area contributed by atoms with Crippen molar-refractivity contribution in [1.82, 2.24) is 10.6 Å². The molecule has 0 bridgehead atoms. The van der Waals surface area contributed by atoms with Gasteiger partial charge in [0.2, 0.25) is 5.91 Å². The van der Waals surface area contributed by atoms with Gasteiger partial charge in [0.05, 0.1) is 13.2 Å². The largest absolute Gasteiger partial charge is 0.383 e. The monoisotopic (exact) mass is 216 g/mol. The molecule has 0 heterocycles. The lowest BCUT2D eigenvalue weighted by atomic mass is 10.1. The van der Waals surface area contributed by atoms with E-state index in [0.717, 1.165) is 13.0 Å². The summed E-state index contributed by atoms with van der Waals surface area (Å²) in [6, 6.07) is 0.238. The Morgan fingerprint density at radius 3 is 2.53 bits per heavy atom. The van der Waals surface area contributed by atoms with Crippen molar-refractivity contribution >= 4 is 5.91 Å². The highest BCUT2D eigenvalue weighted by Gasteiger charge is 2.13. The summed E-state index contributed by atoms with van der Waals surface area (Å²) in [7, 11) is 1.67. The number of hydrogen-bond donors (Lipinski definition) is 2. The standard InChI is InChI=1S/C11H24N2O2/c1-5-6-12-11(14)7-13-10(8-15-4)9(2)3/h9-10,13H,5-8H2,1-4H3,(H,12,14). The highest BCUT2D eigenvalue weighted by molar-refractivity contribution is 5.77. The van der Waals surface area contributed by atoms with Gasteiger partial charge >= 0.3 is 0 Å². The quantitative estimate of drug-likeness (QED) is 0.630. The summed E-state index contributed by atoms with van der Waals surface area (Å²) in [5.74, 6) is 0.516. The first-order chi connectivity index (χ1) is 7.11. The number of nitrogens with one attached hydrogen (secondary N) is 2. The first-order valence-corrected chi connectivity index (χ1v) is 5.60. The average Bonchev–Trinajstić information content (AvgIpc) is 2.20.